The van der Waals surface area contributed by atoms with E-state index in [4.69, 9.17) is 4.42 Å². The Balaban J connectivity index is 1.13. The molecular weight excluding hydrogens is 430 g/mol. The number of benzene rings is 1. The van der Waals surface area contributed by atoms with Gasteiger partial charge < -0.3 is 14.2 Å². The first-order valence-corrected chi connectivity index (χ1v) is 12.2. The van der Waals surface area contributed by atoms with E-state index in [-0.39, 0.29) is 17.7 Å². The van der Waals surface area contributed by atoms with Gasteiger partial charge in [-0.15, -0.1) is 0 Å². The summed E-state index contributed by atoms with van der Waals surface area (Å²) in [6.07, 6.45) is 13.4. The summed E-state index contributed by atoms with van der Waals surface area (Å²) in [5.41, 5.74) is 2.83. The monoisotopic (exact) mass is 457 g/mol. The molecule has 0 bridgehead atoms. The smallest absolute Gasteiger partial charge is 0.261 e. The summed E-state index contributed by atoms with van der Waals surface area (Å²) < 4.78 is 6.07. The molecule has 2 amide bonds. The van der Waals surface area contributed by atoms with Crippen LogP contribution in [0.1, 0.15) is 54.3 Å². The molecule has 0 N–H and O–H groups in total. The lowest BCUT2D eigenvalue weighted by Gasteiger charge is -2.36. The predicted octanol–water partition coefficient (Wildman–Crippen LogP) is 3.71. The summed E-state index contributed by atoms with van der Waals surface area (Å²) >= 11 is 0. The molecule has 6 rings (SSSR count). The van der Waals surface area contributed by atoms with E-state index in [0.717, 1.165) is 30.0 Å². The van der Waals surface area contributed by atoms with Crippen LogP contribution in [-0.2, 0) is 4.79 Å². The summed E-state index contributed by atoms with van der Waals surface area (Å²) in [6.45, 7) is 2.24. The molecule has 1 atom stereocenters. The lowest BCUT2D eigenvalue weighted by atomic mass is 9.89. The van der Waals surface area contributed by atoms with Crippen molar-refractivity contribution in [2.75, 3.05) is 26.2 Å². The normalized spacial score (nSPS) is 23.2. The van der Waals surface area contributed by atoms with Gasteiger partial charge in [-0.05, 0) is 37.1 Å². The molecule has 8 nitrogen and oxygen atoms in total. The number of aromatic nitrogens is 1. The van der Waals surface area contributed by atoms with Crippen LogP contribution in [0.4, 0.5) is 0 Å². The van der Waals surface area contributed by atoms with Gasteiger partial charge in [0, 0.05) is 37.7 Å². The molecule has 2 aliphatic carbocycles. The van der Waals surface area contributed by atoms with E-state index in [1.54, 1.807) is 0 Å². The van der Waals surface area contributed by atoms with Crippen LogP contribution in [0, 0.1) is 5.92 Å². The standard InChI is InChI=1S/C26H27N5O3/c32-23-19-8-4-5-9-20(19)28-26(29-23)31-14-12-30(13-15-31)25(33)18-10-11-21-22(16-18)34-24(27-21)17-6-2-1-3-7-17/h4-5,8-11,16-17,19H,1-3,6-7,12-15H2. The highest BCUT2D eigenvalue weighted by atomic mass is 16.3. The fraction of sp³-hybridized carbons (Fsp3) is 0.423. The number of hydrogen-bond donors (Lipinski definition) is 0. The third-order valence-electron chi connectivity index (χ3n) is 7.16. The summed E-state index contributed by atoms with van der Waals surface area (Å²) in [5.74, 6) is 1.06. The molecule has 4 aliphatic rings. The zero-order valence-corrected chi connectivity index (χ0v) is 19.0. The first kappa shape index (κ1) is 21.0. The average Bonchev–Trinajstić information content (AvgIpc) is 3.32. The van der Waals surface area contributed by atoms with Crippen LogP contribution >= 0.6 is 0 Å². The molecule has 2 aromatic rings. The number of rotatable bonds is 2. The van der Waals surface area contributed by atoms with E-state index in [2.05, 4.69) is 15.0 Å². The topological polar surface area (TPSA) is 91.4 Å². The first-order valence-electron chi connectivity index (χ1n) is 12.2. The van der Waals surface area contributed by atoms with Crippen molar-refractivity contribution < 1.29 is 14.0 Å². The Hall–Kier alpha value is -3.55. The summed E-state index contributed by atoms with van der Waals surface area (Å²) in [7, 11) is 0. The summed E-state index contributed by atoms with van der Waals surface area (Å²) in [6, 6.07) is 5.54. The summed E-state index contributed by atoms with van der Waals surface area (Å²) in [5, 5.41) is 0. The Labute approximate surface area is 197 Å². The van der Waals surface area contributed by atoms with Gasteiger partial charge >= 0.3 is 0 Å². The van der Waals surface area contributed by atoms with E-state index in [9.17, 15) is 9.59 Å². The molecule has 1 unspecified atom stereocenters. The number of guanidine groups is 1. The van der Waals surface area contributed by atoms with Crippen LogP contribution in [0.2, 0.25) is 0 Å². The number of nitrogens with zero attached hydrogens (tertiary/aromatic N) is 5. The molecule has 0 spiro atoms. The van der Waals surface area contributed by atoms with Crippen LogP contribution in [0.25, 0.3) is 11.1 Å². The van der Waals surface area contributed by atoms with Crippen molar-refractivity contribution in [1.82, 2.24) is 14.8 Å². The summed E-state index contributed by atoms with van der Waals surface area (Å²) in [4.78, 5) is 42.9. The molecule has 1 aromatic heterocycles. The minimum absolute atomic E-state index is 0.0226. The lowest BCUT2D eigenvalue weighted by Crippen LogP contribution is -2.51. The number of carbonyl (C=O) groups excluding carboxylic acids is 2. The highest BCUT2D eigenvalue weighted by molar-refractivity contribution is 6.21. The Morgan fingerprint density at radius 3 is 2.65 bits per heavy atom. The highest BCUT2D eigenvalue weighted by Gasteiger charge is 2.31. The number of allylic oxidation sites excluding steroid dienone is 3. The van der Waals surface area contributed by atoms with Gasteiger partial charge in [0.25, 0.3) is 11.8 Å². The maximum atomic E-state index is 13.2. The minimum Gasteiger partial charge on any atom is -0.440 e. The van der Waals surface area contributed by atoms with Gasteiger partial charge in [-0.1, -0.05) is 37.5 Å². The van der Waals surface area contributed by atoms with Crippen molar-refractivity contribution in [2.45, 2.75) is 38.0 Å². The molecule has 1 saturated heterocycles. The molecule has 2 aliphatic heterocycles. The van der Waals surface area contributed by atoms with E-state index in [1.165, 1.54) is 19.3 Å². The zero-order valence-electron chi connectivity index (χ0n) is 19.0. The third kappa shape index (κ3) is 3.87. The number of oxazole rings is 1. The number of amides is 2. The molecule has 174 valence electrons. The van der Waals surface area contributed by atoms with Crippen LogP contribution in [0.5, 0.6) is 0 Å². The van der Waals surface area contributed by atoms with Crippen molar-refractivity contribution in [3.05, 3.63) is 54.0 Å². The SMILES string of the molecule is O=C1N=C(N2CCN(C(=O)c3ccc4nc(C5CCCCC5)oc4c3)CC2)N=C2C=CC=CC12. The first-order chi connectivity index (χ1) is 16.7. The molecule has 1 aromatic carbocycles. The van der Waals surface area contributed by atoms with E-state index in [0.29, 0.717) is 49.2 Å². The number of piperazine rings is 1. The molecule has 1 saturated carbocycles. The average molecular weight is 458 g/mol. The number of hydrogen-bond acceptors (Lipinski definition) is 6. The minimum atomic E-state index is -0.374. The second-order valence-corrected chi connectivity index (χ2v) is 9.36. The van der Waals surface area contributed by atoms with Crippen LogP contribution < -0.4 is 0 Å². The van der Waals surface area contributed by atoms with Crippen molar-refractivity contribution in [3.63, 3.8) is 0 Å². The molecule has 8 heteroatoms. The van der Waals surface area contributed by atoms with Crippen LogP contribution in [0.15, 0.2) is 56.9 Å². The Morgan fingerprint density at radius 2 is 1.82 bits per heavy atom. The second kappa shape index (κ2) is 8.66. The maximum Gasteiger partial charge on any atom is 0.261 e. The number of aliphatic imine (C=N–C) groups is 2. The zero-order chi connectivity index (χ0) is 23.1. The molecule has 3 heterocycles. The van der Waals surface area contributed by atoms with Crippen LogP contribution in [-0.4, -0.2) is 64.4 Å². The van der Waals surface area contributed by atoms with Gasteiger partial charge in [0.15, 0.2) is 11.5 Å². The van der Waals surface area contributed by atoms with Gasteiger partial charge in [0.1, 0.15) is 11.4 Å². The van der Waals surface area contributed by atoms with Gasteiger partial charge in [-0.2, -0.15) is 4.99 Å². The van der Waals surface area contributed by atoms with Crippen LogP contribution in [0.3, 0.4) is 0 Å². The fourth-order valence-corrected chi connectivity index (χ4v) is 5.19. The maximum absolute atomic E-state index is 13.2. The predicted molar refractivity (Wildman–Crippen MR) is 129 cm³/mol. The molecule has 0 radical (unpaired) electrons. The fourth-order valence-electron chi connectivity index (χ4n) is 5.19. The van der Waals surface area contributed by atoms with Crippen molar-refractivity contribution in [1.29, 1.82) is 0 Å². The molecule has 34 heavy (non-hydrogen) atoms. The van der Waals surface area contributed by atoms with Gasteiger partial charge in [0.2, 0.25) is 5.96 Å². The van der Waals surface area contributed by atoms with Crippen molar-refractivity contribution >= 4 is 34.6 Å². The van der Waals surface area contributed by atoms with Gasteiger partial charge in [0.05, 0.1) is 5.71 Å². The largest absolute Gasteiger partial charge is 0.440 e. The highest BCUT2D eigenvalue weighted by Crippen LogP contribution is 2.34. The van der Waals surface area contributed by atoms with E-state index in [1.807, 2.05) is 52.3 Å². The Morgan fingerprint density at radius 1 is 1.00 bits per heavy atom. The van der Waals surface area contributed by atoms with E-state index < -0.39 is 0 Å². The van der Waals surface area contributed by atoms with Gasteiger partial charge in [-0.25, -0.2) is 9.98 Å². The number of fused-ring (bicyclic) bond motifs is 2. The lowest BCUT2D eigenvalue weighted by molar-refractivity contribution is -0.118. The molecular formula is C26H27N5O3. The Kier molecular flexibility index (Phi) is 5.36. The third-order valence-corrected chi connectivity index (χ3v) is 7.16. The second-order valence-electron chi connectivity index (χ2n) is 9.36. The van der Waals surface area contributed by atoms with Crippen molar-refractivity contribution in [2.24, 2.45) is 15.9 Å². The quantitative estimate of drug-likeness (QED) is 0.686. The van der Waals surface area contributed by atoms with Gasteiger partial charge in [-0.3, -0.25) is 9.59 Å². The number of carbonyl (C=O) groups is 2. The van der Waals surface area contributed by atoms with E-state index >= 15 is 0 Å². The van der Waals surface area contributed by atoms with Crippen molar-refractivity contribution in [3.8, 4) is 0 Å². The molecule has 2 fully saturated rings. The Bertz CT molecular complexity index is 1260.